The molecule has 2 aromatic heterocycles. The minimum atomic E-state index is -4.53. The molecule has 1 aliphatic rings. The van der Waals surface area contributed by atoms with Crippen LogP contribution in [0.4, 0.5) is 41.1 Å². The molecular weight excluding hydrogens is 463 g/mol. The van der Waals surface area contributed by atoms with Crippen molar-refractivity contribution < 1.29 is 30.9 Å². The first-order valence-electron chi connectivity index (χ1n) is 13.1. The van der Waals surface area contributed by atoms with E-state index in [1.165, 1.54) is 41.6 Å². The summed E-state index contributed by atoms with van der Waals surface area (Å²) in [4.78, 5) is 24.5. The molecule has 180 valence electrons. The maximum Gasteiger partial charge on any atom is 0.405 e. The normalized spacial score (nSPS) is 17.1. The van der Waals surface area contributed by atoms with Crippen LogP contribution in [0, 0.1) is 0 Å². The van der Waals surface area contributed by atoms with E-state index in [-0.39, 0.29) is 29.7 Å². The van der Waals surface area contributed by atoms with Crippen molar-refractivity contribution in [2.45, 2.75) is 12.7 Å². The average Bonchev–Trinajstić information content (AvgIpc) is 3.31. The fourth-order valence-electron chi connectivity index (χ4n) is 3.70. The second kappa shape index (κ2) is 8.46. The van der Waals surface area contributed by atoms with Gasteiger partial charge in [-0.3, -0.25) is 9.58 Å². The highest BCUT2D eigenvalue weighted by Crippen LogP contribution is 2.37. The van der Waals surface area contributed by atoms with Crippen molar-refractivity contribution in [1.29, 1.82) is 0 Å². The Morgan fingerprint density at radius 2 is 1.97 bits per heavy atom. The number of ether oxygens (including phenoxy) is 1. The van der Waals surface area contributed by atoms with Gasteiger partial charge in [-0.15, -0.1) is 0 Å². The molecule has 0 unspecified atom stereocenters. The number of methoxy groups -OCH3 is 1. The molecule has 0 spiro atoms. The number of benzene rings is 2. The van der Waals surface area contributed by atoms with Crippen LogP contribution >= 0.6 is 0 Å². The number of alkyl halides is 3. The fraction of sp³-hybridized carbons (Fsp3) is 0.217. The maximum atomic E-state index is 13.9. The minimum Gasteiger partial charge on any atom is -0.497 e. The first-order valence-corrected chi connectivity index (χ1v) is 10.1. The molecule has 3 heterocycles. The number of hydrogen-bond acceptors (Lipinski definition) is 6. The Balaban J connectivity index is 1.55. The minimum absolute atomic E-state index is 0.00206. The summed E-state index contributed by atoms with van der Waals surface area (Å²) in [6.07, 6.45) is -1.90. The summed E-state index contributed by atoms with van der Waals surface area (Å²) >= 11 is 0. The van der Waals surface area contributed by atoms with E-state index in [2.05, 4.69) is 20.4 Å². The molecule has 1 N–H and O–H groups in total. The van der Waals surface area contributed by atoms with Crippen LogP contribution < -0.4 is 19.9 Å². The zero-order valence-electron chi connectivity index (χ0n) is 23.7. The van der Waals surface area contributed by atoms with Gasteiger partial charge in [0.15, 0.2) is 5.82 Å². The predicted molar refractivity (Wildman–Crippen MR) is 124 cm³/mol. The Kier molecular flexibility index (Phi) is 3.94. The van der Waals surface area contributed by atoms with E-state index in [4.69, 9.17) is 13.0 Å². The van der Waals surface area contributed by atoms with E-state index in [1.54, 1.807) is 18.2 Å². The van der Waals surface area contributed by atoms with E-state index in [0.29, 0.717) is 22.2 Å². The number of aromatic nitrogens is 4. The summed E-state index contributed by atoms with van der Waals surface area (Å²) in [5, 5.41) is 6.60. The Morgan fingerprint density at radius 3 is 2.71 bits per heavy atom. The third-order valence-electron chi connectivity index (χ3n) is 5.26. The summed E-state index contributed by atoms with van der Waals surface area (Å²) in [5.41, 5.74) is 1.38. The molecule has 5 rings (SSSR count). The van der Waals surface area contributed by atoms with Crippen LogP contribution in [-0.2, 0) is 13.5 Å². The van der Waals surface area contributed by atoms with Gasteiger partial charge in [0.1, 0.15) is 12.3 Å². The van der Waals surface area contributed by atoms with Gasteiger partial charge >= 0.3 is 12.2 Å². The van der Waals surface area contributed by atoms with E-state index in [9.17, 15) is 18.0 Å². The standard InChI is InChI=1S/C23H20F3N7O2/c1-31-11-14-9-17(5-8-19(14)30-31)32-12-15-10-27-21(28-13-23(24,25)26)29-20(15)33(22(32)34)16-3-6-18(35-2)7-4-16/h3-11H,12-13H2,1-2H3,(H,27,28,29)/i1D3,2D3. The van der Waals surface area contributed by atoms with E-state index in [0.717, 1.165) is 9.58 Å². The molecule has 1 aliphatic heterocycles. The zero-order chi connectivity index (χ0) is 29.7. The Labute approximate surface area is 206 Å². The summed E-state index contributed by atoms with van der Waals surface area (Å²) in [7, 11) is -2.70. The molecule has 0 radical (unpaired) electrons. The lowest BCUT2D eigenvalue weighted by atomic mass is 10.1. The molecule has 0 aliphatic carbocycles. The van der Waals surface area contributed by atoms with E-state index < -0.39 is 32.8 Å². The predicted octanol–water partition coefficient (Wildman–Crippen LogP) is 4.62. The first-order chi connectivity index (χ1) is 19.1. The number of carbonyl (C=O) groups is 1. The Hall–Kier alpha value is -4.35. The smallest absolute Gasteiger partial charge is 0.405 e. The van der Waals surface area contributed by atoms with Crippen LogP contribution in [0.3, 0.4) is 0 Å². The number of anilines is 4. The summed E-state index contributed by atoms with van der Waals surface area (Å²) in [6.45, 7) is -3.94. The highest BCUT2D eigenvalue weighted by Gasteiger charge is 2.35. The molecule has 0 atom stereocenters. The fourth-order valence-corrected chi connectivity index (χ4v) is 3.70. The van der Waals surface area contributed by atoms with Crippen molar-refractivity contribution in [3.05, 3.63) is 60.4 Å². The SMILES string of the molecule is [2H]C([2H])([2H])Oc1ccc(N2C(=O)N(c3ccc4nn(C([2H])([2H])[2H])cc4c3)Cc3cnc(NCC(F)(F)F)nc32)cc1. The van der Waals surface area contributed by atoms with Crippen LogP contribution in [-0.4, -0.2) is 45.5 Å². The highest BCUT2D eigenvalue weighted by atomic mass is 19.4. The topological polar surface area (TPSA) is 88.4 Å². The molecule has 9 nitrogen and oxygen atoms in total. The van der Waals surface area contributed by atoms with Gasteiger partial charge in [0, 0.05) is 40.1 Å². The Bertz CT molecular complexity index is 1610. The number of carbonyl (C=O) groups excluding carboxylic acids is 1. The third kappa shape index (κ3) is 4.42. The molecule has 0 saturated carbocycles. The lowest BCUT2D eigenvalue weighted by Gasteiger charge is -2.36. The summed E-state index contributed by atoms with van der Waals surface area (Å²) in [6, 6.07) is 9.54. The maximum absolute atomic E-state index is 13.9. The second-order valence-electron chi connectivity index (χ2n) is 7.63. The molecular formula is C23H20F3N7O2. The van der Waals surface area contributed by atoms with Gasteiger partial charge < -0.3 is 10.1 Å². The van der Waals surface area contributed by atoms with E-state index in [1.807, 2.05) is 0 Å². The van der Waals surface area contributed by atoms with Gasteiger partial charge in [0.05, 0.1) is 28.9 Å². The van der Waals surface area contributed by atoms with Gasteiger partial charge in [0.25, 0.3) is 0 Å². The van der Waals surface area contributed by atoms with Gasteiger partial charge in [-0.2, -0.15) is 23.3 Å². The lowest BCUT2D eigenvalue weighted by molar-refractivity contribution is -0.115. The van der Waals surface area contributed by atoms with Crippen molar-refractivity contribution >= 4 is 40.1 Å². The van der Waals surface area contributed by atoms with Crippen molar-refractivity contribution in [3.8, 4) is 5.75 Å². The number of nitrogens with zero attached hydrogens (tertiary/aromatic N) is 6. The molecule has 2 aromatic carbocycles. The number of rotatable bonds is 5. The summed E-state index contributed by atoms with van der Waals surface area (Å²) < 4.78 is 88.6. The monoisotopic (exact) mass is 489 g/mol. The second-order valence-corrected chi connectivity index (χ2v) is 7.63. The van der Waals surface area contributed by atoms with Gasteiger partial charge in [0.2, 0.25) is 5.95 Å². The average molecular weight is 489 g/mol. The van der Waals surface area contributed by atoms with Crippen molar-refractivity contribution in [2.75, 3.05) is 28.7 Å². The van der Waals surface area contributed by atoms with Crippen LogP contribution in [0.25, 0.3) is 10.9 Å². The molecule has 2 amide bonds. The van der Waals surface area contributed by atoms with Gasteiger partial charge in [-0.25, -0.2) is 14.7 Å². The van der Waals surface area contributed by atoms with Crippen LogP contribution in [0.1, 0.15) is 13.8 Å². The lowest BCUT2D eigenvalue weighted by Crippen LogP contribution is -2.45. The van der Waals surface area contributed by atoms with Crippen LogP contribution in [0.2, 0.25) is 0 Å². The number of urea groups is 1. The van der Waals surface area contributed by atoms with Crippen molar-refractivity contribution in [2.24, 2.45) is 6.98 Å². The van der Waals surface area contributed by atoms with Crippen molar-refractivity contribution in [1.82, 2.24) is 19.7 Å². The van der Waals surface area contributed by atoms with Crippen molar-refractivity contribution in [3.63, 3.8) is 0 Å². The number of hydrogen-bond donors (Lipinski definition) is 1. The molecule has 12 heteroatoms. The number of nitrogens with one attached hydrogen (secondary N) is 1. The quantitative estimate of drug-likeness (QED) is 0.440. The molecule has 0 saturated heterocycles. The largest absolute Gasteiger partial charge is 0.497 e. The van der Waals surface area contributed by atoms with Gasteiger partial charge in [-0.1, -0.05) is 0 Å². The Morgan fingerprint density at radius 1 is 1.17 bits per heavy atom. The van der Waals surface area contributed by atoms with Crippen LogP contribution in [0.15, 0.2) is 54.9 Å². The molecule has 35 heavy (non-hydrogen) atoms. The number of fused-ring (bicyclic) bond motifs is 2. The molecule has 4 aromatic rings. The summed E-state index contributed by atoms with van der Waals surface area (Å²) in [5.74, 6) is -0.331. The zero-order valence-corrected chi connectivity index (χ0v) is 17.7. The number of halogens is 3. The van der Waals surface area contributed by atoms with Gasteiger partial charge in [-0.05, 0) is 42.5 Å². The van der Waals surface area contributed by atoms with E-state index >= 15 is 0 Å². The number of amides is 2. The number of aryl methyl sites for hydroxylation is 1. The third-order valence-corrected chi connectivity index (χ3v) is 5.26. The highest BCUT2D eigenvalue weighted by molar-refractivity contribution is 6.10. The van der Waals surface area contributed by atoms with Crippen LogP contribution in [0.5, 0.6) is 5.75 Å². The molecule has 0 bridgehead atoms. The first kappa shape index (κ1) is 16.3. The molecule has 0 fully saturated rings.